The molecule has 3 unspecified atom stereocenters. The number of nitrogens with one attached hydrogen (secondary N) is 4. The predicted molar refractivity (Wildman–Crippen MR) is 212 cm³/mol. The minimum Gasteiger partial charge on any atom is -0.481 e. The molecule has 0 aromatic heterocycles. The first-order valence-electron chi connectivity index (χ1n) is 18.6. The standard InChI is InChI=1S/C40H50N8O11/c1-40(2,3)59-39(55)47(48(56)57)31(20-13-21-43-38(41)42)35(52)44-24-33(49)46(25-28-16-9-5-10-17-28)32(23-34(50)51)36(53)45-30(22-27-14-7-4-8-15-27)37(54)58-26-29-18-11-6-12-19-29/h4-12,14-19,30-32H,13,20-26H2,1-3H3,(H,44,52)(H,45,53)(H,50,51)(H4,41,42,43). The van der Waals surface area contributed by atoms with E-state index in [2.05, 4.69) is 16.0 Å². The number of guanidine groups is 1. The lowest BCUT2D eigenvalue weighted by Gasteiger charge is -2.32. The first kappa shape index (κ1) is 46.3. The zero-order valence-electron chi connectivity index (χ0n) is 33.0. The van der Waals surface area contributed by atoms with E-state index in [1.807, 2.05) is 0 Å². The largest absolute Gasteiger partial charge is 0.481 e. The molecule has 0 heterocycles. The number of carbonyl (C=O) groups excluding carboxylic acids is 5. The summed E-state index contributed by atoms with van der Waals surface area (Å²) in [4.78, 5) is 93.7. The number of hydrogen-bond donors (Lipinski definition) is 6. The molecule has 0 spiro atoms. The van der Waals surface area contributed by atoms with Crippen molar-refractivity contribution in [3.05, 3.63) is 118 Å². The summed E-state index contributed by atoms with van der Waals surface area (Å²) in [6.45, 7) is 3.06. The van der Waals surface area contributed by atoms with Gasteiger partial charge in [0.05, 0.1) is 13.0 Å². The first-order valence-corrected chi connectivity index (χ1v) is 18.6. The van der Waals surface area contributed by atoms with Gasteiger partial charge in [0.2, 0.25) is 17.7 Å². The number of carbonyl (C=O) groups is 6. The van der Waals surface area contributed by atoms with Gasteiger partial charge in [0.15, 0.2) is 17.0 Å². The average Bonchev–Trinajstić information content (AvgIpc) is 3.18. The van der Waals surface area contributed by atoms with Crippen LogP contribution in [-0.4, -0.2) is 98.6 Å². The van der Waals surface area contributed by atoms with Gasteiger partial charge < -0.3 is 41.2 Å². The maximum atomic E-state index is 14.2. The quantitative estimate of drug-likeness (QED) is 0.0225. The number of carboxylic acid groups (broad SMARTS) is 1. The van der Waals surface area contributed by atoms with Gasteiger partial charge in [-0.15, -0.1) is 0 Å². The van der Waals surface area contributed by atoms with Crippen LogP contribution in [0, 0.1) is 15.5 Å². The fourth-order valence-electron chi connectivity index (χ4n) is 5.68. The van der Waals surface area contributed by atoms with Crippen molar-refractivity contribution in [2.24, 2.45) is 5.73 Å². The highest BCUT2D eigenvalue weighted by atomic mass is 16.7. The Balaban J connectivity index is 1.94. The Bertz CT molecular complexity index is 1910. The second kappa shape index (κ2) is 22.6. The molecule has 19 nitrogen and oxygen atoms in total. The van der Waals surface area contributed by atoms with Crippen molar-refractivity contribution in [2.45, 2.75) is 83.3 Å². The van der Waals surface area contributed by atoms with Crippen LogP contribution in [0.1, 0.15) is 56.7 Å². The number of carboxylic acids is 1. The van der Waals surface area contributed by atoms with Crippen molar-refractivity contribution in [3.63, 3.8) is 0 Å². The van der Waals surface area contributed by atoms with Crippen molar-refractivity contribution >= 4 is 41.7 Å². The molecule has 0 bridgehead atoms. The van der Waals surface area contributed by atoms with Crippen molar-refractivity contribution in [1.82, 2.24) is 25.9 Å². The summed E-state index contributed by atoms with van der Waals surface area (Å²) in [6.07, 6.45) is -2.77. The maximum absolute atomic E-state index is 14.2. The minimum absolute atomic E-state index is 0.000184. The maximum Gasteiger partial charge on any atom is 0.469 e. The van der Waals surface area contributed by atoms with Crippen LogP contribution < -0.4 is 21.7 Å². The Morgan fingerprint density at radius 1 is 0.847 bits per heavy atom. The van der Waals surface area contributed by atoms with Gasteiger partial charge in [-0.1, -0.05) is 91.0 Å². The van der Waals surface area contributed by atoms with Crippen LogP contribution in [0.25, 0.3) is 0 Å². The SMILES string of the molecule is CC(C)(C)OC(=O)N(C(CCCNC(=N)N)C(=O)NCC(=O)N(Cc1ccccc1)C(CC(=O)O)C(=O)NC(Cc1ccccc1)C(=O)OCc1ccccc1)[N+](=O)[O-]. The second-order valence-corrected chi connectivity index (χ2v) is 14.2. The Kier molecular flexibility index (Phi) is 17.8. The number of hydrogen-bond acceptors (Lipinski definition) is 11. The van der Waals surface area contributed by atoms with Gasteiger partial charge in [0.1, 0.15) is 24.3 Å². The third kappa shape index (κ3) is 16.1. The van der Waals surface area contributed by atoms with E-state index in [4.69, 9.17) is 20.6 Å². The molecule has 3 aromatic rings. The van der Waals surface area contributed by atoms with Crippen molar-refractivity contribution in [1.29, 1.82) is 5.41 Å². The number of aliphatic carboxylic acids is 1. The minimum atomic E-state index is -1.83. The second-order valence-electron chi connectivity index (χ2n) is 14.2. The number of hydrazine groups is 1. The zero-order valence-corrected chi connectivity index (χ0v) is 33.0. The summed E-state index contributed by atoms with van der Waals surface area (Å²) in [7, 11) is 0. The molecule has 19 heteroatoms. The highest BCUT2D eigenvalue weighted by Crippen LogP contribution is 2.17. The van der Waals surface area contributed by atoms with E-state index >= 15 is 0 Å². The molecule has 0 aliphatic rings. The average molecular weight is 819 g/mol. The van der Waals surface area contributed by atoms with E-state index < -0.39 is 83.4 Å². The van der Waals surface area contributed by atoms with E-state index in [1.165, 1.54) is 20.8 Å². The number of benzene rings is 3. The molecule has 59 heavy (non-hydrogen) atoms. The smallest absolute Gasteiger partial charge is 0.469 e. The third-order valence-electron chi connectivity index (χ3n) is 8.41. The van der Waals surface area contributed by atoms with Crippen LogP contribution >= 0.6 is 0 Å². The highest BCUT2D eigenvalue weighted by molar-refractivity contribution is 5.95. The van der Waals surface area contributed by atoms with Crippen molar-refractivity contribution < 1.29 is 48.4 Å². The summed E-state index contributed by atoms with van der Waals surface area (Å²) in [5, 5.41) is 35.7. The van der Waals surface area contributed by atoms with E-state index in [-0.39, 0.29) is 44.0 Å². The molecule has 0 aliphatic carbocycles. The molecule has 316 valence electrons. The van der Waals surface area contributed by atoms with Gasteiger partial charge in [0.25, 0.3) is 0 Å². The number of amides is 4. The molecule has 4 amide bonds. The number of ether oxygens (including phenoxy) is 2. The molecular weight excluding hydrogens is 768 g/mol. The summed E-state index contributed by atoms with van der Waals surface area (Å²) in [5.74, 6) is -5.82. The topological polar surface area (TPSA) is 277 Å². The Hall–Kier alpha value is -7.05. The number of nitrogens with two attached hydrogens (primary N) is 1. The molecule has 0 fully saturated rings. The van der Waals surface area contributed by atoms with E-state index in [1.54, 1.807) is 91.0 Å². The van der Waals surface area contributed by atoms with E-state index in [0.29, 0.717) is 16.7 Å². The highest BCUT2D eigenvalue weighted by Gasteiger charge is 2.42. The molecule has 7 N–H and O–H groups in total. The van der Waals surface area contributed by atoms with Gasteiger partial charge >= 0.3 is 18.0 Å². The van der Waals surface area contributed by atoms with Gasteiger partial charge in [0, 0.05) is 19.5 Å². The lowest BCUT2D eigenvalue weighted by atomic mass is 10.0. The van der Waals surface area contributed by atoms with Crippen LogP contribution in [0.3, 0.4) is 0 Å². The van der Waals surface area contributed by atoms with Crippen LogP contribution in [0.4, 0.5) is 4.79 Å². The monoisotopic (exact) mass is 818 g/mol. The molecular formula is C40H50N8O11. The Labute approximate surface area is 340 Å². The normalized spacial score (nSPS) is 12.4. The number of esters is 1. The predicted octanol–water partition coefficient (Wildman–Crippen LogP) is 2.51. The van der Waals surface area contributed by atoms with Crippen LogP contribution in [0.5, 0.6) is 0 Å². The molecule has 0 aliphatic heterocycles. The summed E-state index contributed by atoms with van der Waals surface area (Å²) < 4.78 is 10.7. The molecule has 3 rings (SSSR count). The van der Waals surface area contributed by atoms with Gasteiger partial charge in [-0.2, -0.15) is 0 Å². The number of rotatable bonds is 21. The fourth-order valence-corrected chi connectivity index (χ4v) is 5.68. The van der Waals surface area contributed by atoms with Crippen LogP contribution in [0.2, 0.25) is 0 Å². The van der Waals surface area contributed by atoms with Gasteiger partial charge in [-0.25, -0.2) is 19.7 Å². The zero-order chi connectivity index (χ0) is 43.5. The van der Waals surface area contributed by atoms with Crippen molar-refractivity contribution in [3.8, 4) is 0 Å². The summed E-state index contributed by atoms with van der Waals surface area (Å²) in [6, 6.07) is 20.8. The summed E-state index contributed by atoms with van der Waals surface area (Å²) >= 11 is 0. The molecule has 0 radical (unpaired) electrons. The first-order chi connectivity index (χ1) is 27.9. The molecule has 0 saturated carbocycles. The lowest BCUT2D eigenvalue weighted by Crippen LogP contribution is -2.57. The number of nitro groups is 1. The van der Waals surface area contributed by atoms with Gasteiger partial charge in [-0.3, -0.25) is 24.6 Å². The van der Waals surface area contributed by atoms with Gasteiger partial charge in [-0.05, 0) is 55.3 Å². The third-order valence-corrected chi connectivity index (χ3v) is 8.41. The van der Waals surface area contributed by atoms with E-state index in [9.17, 15) is 44.0 Å². The molecule has 0 saturated heterocycles. The van der Waals surface area contributed by atoms with Crippen molar-refractivity contribution in [2.75, 3.05) is 13.1 Å². The Morgan fingerprint density at radius 3 is 1.93 bits per heavy atom. The molecule has 3 aromatic carbocycles. The Morgan fingerprint density at radius 2 is 1.41 bits per heavy atom. The lowest BCUT2D eigenvalue weighted by molar-refractivity contribution is -0.641. The summed E-state index contributed by atoms with van der Waals surface area (Å²) in [5.41, 5.74) is 5.93. The van der Waals surface area contributed by atoms with E-state index in [0.717, 1.165) is 4.90 Å². The van der Waals surface area contributed by atoms with Crippen LogP contribution in [-0.2, 0) is 53.0 Å². The number of nitrogens with zero attached hydrogens (tertiary/aromatic N) is 3. The molecule has 3 atom stereocenters. The fraction of sp³-hybridized carbons (Fsp3) is 0.375. The van der Waals surface area contributed by atoms with Crippen LogP contribution in [0.15, 0.2) is 91.0 Å².